The molecule has 0 saturated carbocycles. The summed E-state index contributed by atoms with van der Waals surface area (Å²) in [6, 6.07) is 10.9. The number of nitrogens with zero attached hydrogens (tertiary/aromatic N) is 1. The van der Waals surface area contributed by atoms with Crippen LogP contribution in [-0.4, -0.2) is 10.8 Å². The Morgan fingerprint density at radius 1 is 1.19 bits per heavy atom. The molecule has 1 atom stereocenters. The summed E-state index contributed by atoms with van der Waals surface area (Å²) in [5.41, 5.74) is 3.27. The standard InChI is InChI=1S/C17H16F3N3O3/c1-2-13(11-6-4-3-5-7-11)16(24)22-21-14-9-8-12(17(18,19)20)10-15(14)23(25)26/h3-10,13,21H,2H2,1H3,(H,22,24). The van der Waals surface area contributed by atoms with Crippen molar-refractivity contribution in [2.75, 3.05) is 5.43 Å². The number of nitro benzene ring substituents is 1. The summed E-state index contributed by atoms with van der Waals surface area (Å²) < 4.78 is 38.1. The zero-order valence-corrected chi connectivity index (χ0v) is 13.7. The molecule has 0 heterocycles. The van der Waals surface area contributed by atoms with Gasteiger partial charge in [0.05, 0.1) is 16.4 Å². The van der Waals surface area contributed by atoms with Crippen LogP contribution >= 0.6 is 0 Å². The largest absolute Gasteiger partial charge is 0.416 e. The highest BCUT2D eigenvalue weighted by molar-refractivity contribution is 5.85. The normalized spacial score (nSPS) is 12.3. The molecule has 2 N–H and O–H groups in total. The Bertz CT molecular complexity index is 795. The minimum atomic E-state index is -4.70. The lowest BCUT2D eigenvalue weighted by Gasteiger charge is -2.17. The number of halogens is 3. The van der Waals surface area contributed by atoms with E-state index in [1.54, 1.807) is 37.3 Å². The van der Waals surface area contributed by atoms with Gasteiger partial charge in [0.15, 0.2) is 0 Å². The van der Waals surface area contributed by atoms with Gasteiger partial charge < -0.3 is 0 Å². The molecule has 2 rings (SSSR count). The van der Waals surface area contributed by atoms with Crippen molar-refractivity contribution in [3.63, 3.8) is 0 Å². The second kappa shape index (κ2) is 7.85. The minimum Gasteiger partial charge on any atom is -0.292 e. The van der Waals surface area contributed by atoms with E-state index >= 15 is 0 Å². The Labute approximate surface area is 147 Å². The molecule has 0 radical (unpaired) electrons. The fraction of sp³-hybridized carbons (Fsp3) is 0.235. The summed E-state index contributed by atoms with van der Waals surface area (Å²) in [7, 11) is 0. The van der Waals surface area contributed by atoms with E-state index in [-0.39, 0.29) is 5.69 Å². The van der Waals surface area contributed by atoms with E-state index in [1.165, 1.54) is 0 Å². The molecule has 0 bridgehead atoms. The van der Waals surface area contributed by atoms with Crippen molar-refractivity contribution in [3.8, 4) is 0 Å². The van der Waals surface area contributed by atoms with E-state index in [2.05, 4.69) is 10.9 Å². The Morgan fingerprint density at radius 2 is 1.85 bits per heavy atom. The van der Waals surface area contributed by atoms with Gasteiger partial charge in [-0.15, -0.1) is 0 Å². The molecule has 0 saturated heterocycles. The van der Waals surface area contributed by atoms with Gasteiger partial charge >= 0.3 is 6.18 Å². The molecule has 2 aromatic carbocycles. The van der Waals surface area contributed by atoms with Crippen molar-refractivity contribution >= 4 is 17.3 Å². The molecule has 0 fully saturated rings. The predicted octanol–water partition coefficient (Wildman–Crippen LogP) is 4.25. The Morgan fingerprint density at radius 3 is 2.38 bits per heavy atom. The van der Waals surface area contributed by atoms with Crippen LogP contribution in [0.5, 0.6) is 0 Å². The Hall–Kier alpha value is -3.10. The number of anilines is 1. The first-order chi connectivity index (χ1) is 12.2. The molecule has 26 heavy (non-hydrogen) atoms. The summed E-state index contributed by atoms with van der Waals surface area (Å²) in [5, 5.41) is 11.0. The zero-order chi connectivity index (χ0) is 19.3. The van der Waals surface area contributed by atoms with Gasteiger partial charge in [0.2, 0.25) is 5.91 Å². The summed E-state index contributed by atoms with van der Waals surface area (Å²) in [6.07, 6.45) is -4.22. The Kier molecular flexibility index (Phi) is 5.81. The molecule has 1 amide bonds. The van der Waals surface area contributed by atoms with Gasteiger partial charge in [-0.3, -0.25) is 25.8 Å². The van der Waals surface area contributed by atoms with E-state index in [4.69, 9.17) is 0 Å². The number of nitro groups is 1. The van der Waals surface area contributed by atoms with Crippen molar-refractivity contribution in [1.29, 1.82) is 0 Å². The van der Waals surface area contributed by atoms with Crippen LogP contribution in [0.25, 0.3) is 0 Å². The van der Waals surface area contributed by atoms with Gasteiger partial charge in [-0.25, -0.2) is 0 Å². The third-order valence-electron chi connectivity index (χ3n) is 3.77. The fourth-order valence-electron chi connectivity index (χ4n) is 2.44. The van der Waals surface area contributed by atoms with Crippen LogP contribution in [0.1, 0.15) is 30.4 Å². The molecule has 0 aliphatic heterocycles. The fourth-order valence-corrected chi connectivity index (χ4v) is 2.44. The number of carbonyl (C=O) groups is 1. The second-order valence-electron chi connectivity index (χ2n) is 5.47. The summed E-state index contributed by atoms with van der Waals surface area (Å²) >= 11 is 0. The number of alkyl halides is 3. The van der Waals surface area contributed by atoms with E-state index < -0.39 is 34.2 Å². The molecular weight excluding hydrogens is 351 g/mol. The highest BCUT2D eigenvalue weighted by atomic mass is 19.4. The van der Waals surface area contributed by atoms with E-state index in [0.717, 1.165) is 11.6 Å². The number of amides is 1. The topological polar surface area (TPSA) is 84.3 Å². The number of hydrogen-bond donors (Lipinski definition) is 2. The van der Waals surface area contributed by atoms with Crippen molar-refractivity contribution in [2.45, 2.75) is 25.4 Å². The molecule has 1 unspecified atom stereocenters. The number of hydrogen-bond acceptors (Lipinski definition) is 4. The van der Waals surface area contributed by atoms with Crippen molar-refractivity contribution in [2.24, 2.45) is 0 Å². The van der Waals surface area contributed by atoms with Crippen LogP contribution in [-0.2, 0) is 11.0 Å². The van der Waals surface area contributed by atoms with Gasteiger partial charge in [-0.2, -0.15) is 13.2 Å². The van der Waals surface area contributed by atoms with Crippen LogP contribution in [0.15, 0.2) is 48.5 Å². The first-order valence-electron chi connectivity index (χ1n) is 7.70. The monoisotopic (exact) mass is 367 g/mol. The molecule has 2 aromatic rings. The maximum Gasteiger partial charge on any atom is 0.416 e. The van der Waals surface area contributed by atoms with Gasteiger partial charge in [0, 0.05) is 6.07 Å². The van der Waals surface area contributed by atoms with E-state index in [1.807, 2.05) is 0 Å². The highest BCUT2D eigenvalue weighted by Crippen LogP contribution is 2.34. The quantitative estimate of drug-likeness (QED) is 0.590. The maximum absolute atomic E-state index is 12.7. The first-order valence-corrected chi connectivity index (χ1v) is 7.70. The third kappa shape index (κ3) is 4.50. The molecule has 0 aliphatic rings. The van der Waals surface area contributed by atoms with Gasteiger partial charge in [-0.05, 0) is 24.1 Å². The molecule has 0 spiro atoms. The van der Waals surface area contributed by atoms with Crippen LogP contribution < -0.4 is 10.9 Å². The smallest absolute Gasteiger partial charge is 0.292 e. The molecule has 138 valence electrons. The van der Waals surface area contributed by atoms with Crippen LogP contribution in [0.3, 0.4) is 0 Å². The van der Waals surface area contributed by atoms with Crippen molar-refractivity contribution < 1.29 is 22.9 Å². The van der Waals surface area contributed by atoms with E-state index in [0.29, 0.717) is 18.6 Å². The highest BCUT2D eigenvalue weighted by Gasteiger charge is 2.33. The number of nitrogens with one attached hydrogen (secondary N) is 2. The lowest BCUT2D eigenvalue weighted by molar-refractivity contribution is -0.384. The van der Waals surface area contributed by atoms with Crippen LogP contribution in [0.2, 0.25) is 0 Å². The third-order valence-corrected chi connectivity index (χ3v) is 3.77. The van der Waals surface area contributed by atoms with E-state index in [9.17, 15) is 28.1 Å². The van der Waals surface area contributed by atoms with Crippen LogP contribution in [0.4, 0.5) is 24.5 Å². The average Bonchev–Trinajstić information content (AvgIpc) is 2.60. The summed E-state index contributed by atoms with van der Waals surface area (Å²) in [5.74, 6) is -0.954. The van der Waals surface area contributed by atoms with Crippen LogP contribution in [0, 0.1) is 10.1 Å². The lowest BCUT2D eigenvalue weighted by atomic mass is 9.96. The first kappa shape index (κ1) is 19.2. The number of benzene rings is 2. The number of hydrazine groups is 1. The van der Waals surface area contributed by atoms with Gasteiger partial charge in [-0.1, -0.05) is 37.3 Å². The second-order valence-corrected chi connectivity index (χ2v) is 5.47. The SMILES string of the molecule is CCC(C(=O)NNc1ccc(C(F)(F)F)cc1[N+](=O)[O-])c1ccccc1. The molecule has 9 heteroatoms. The number of rotatable bonds is 6. The number of carbonyl (C=O) groups excluding carboxylic acids is 1. The molecular formula is C17H16F3N3O3. The van der Waals surface area contributed by atoms with Crippen molar-refractivity contribution in [3.05, 3.63) is 69.8 Å². The molecule has 0 aliphatic carbocycles. The Balaban J connectivity index is 2.18. The van der Waals surface area contributed by atoms with Gasteiger partial charge in [0.1, 0.15) is 5.69 Å². The summed E-state index contributed by atoms with van der Waals surface area (Å²) in [4.78, 5) is 22.4. The minimum absolute atomic E-state index is 0.237. The van der Waals surface area contributed by atoms with Crippen molar-refractivity contribution in [1.82, 2.24) is 5.43 Å². The van der Waals surface area contributed by atoms with Gasteiger partial charge in [0.25, 0.3) is 5.69 Å². The lowest BCUT2D eigenvalue weighted by Crippen LogP contribution is -2.34. The average molecular weight is 367 g/mol. The molecule has 0 aromatic heterocycles. The predicted molar refractivity (Wildman–Crippen MR) is 89.3 cm³/mol. The summed E-state index contributed by atoms with van der Waals surface area (Å²) in [6.45, 7) is 1.80. The molecule has 6 nitrogen and oxygen atoms in total. The zero-order valence-electron chi connectivity index (χ0n) is 13.7. The maximum atomic E-state index is 12.7.